The predicted octanol–water partition coefficient (Wildman–Crippen LogP) is 2.02. The van der Waals surface area contributed by atoms with E-state index >= 15 is 0 Å². The second-order valence-corrected chi connectivity index (χ2v) is 6.98. The van der Waals surface area contributed by atoms with E-state index in [1.54, 1.807) is 18.3 Å². The second-order valence-electron chi connectivity index (χ2n) is 3.46. The molecule has 0 aliphatic heterocycles. The lowest BCUT2D eigenvalue weighted by Crippen LogP contribution is -2.24. The molecule has 0 bridgehead atoms. The van der Waals surface area contributed by atoms with Gasteiger partial charge in [0.1, 0.15) is 4.21 Å². The topological polar surface area (TPSA) is 59.1 Å². The molecule has 2 rings (SSSR count). The van der Waals surface area contributed by atoms with E-state index < -0.39 is 10.0 Å². The molecule has 0 aliphatic carbocycles. The fourth-order valence-corrected chi connectivity index (χ4v) is 3.98. The summed E-state index contributed by atoms with van der Waals surface area (Å²) >= 11 is 5.18. The Kier molecular flexibility index (Phi) is 4.39. The molecule has 4 nitrogen and oxygen atoms in total. The van der Waals surface area contributed by atoms with Crippen LogP contribution in [-0.2, 0) is 10.0 Å². The molecule has 0 atom stereocenters. The summed E-state index contributed by atoms with van der Waals surface area (Å²) < 4.78 is 26.5. The molecule has 2 aromatic rings. The first-order valence-electron chi connectivity index (χ1n) is 5.25. The summed E-state index contributed by atoms with van der Waals surface area (Å²) in [6.07, 6.45) is 1.68. The molecule has 0 aromatic carbocycles. The van der Waals surface area contributed by atoms with Crippen LogP contribution >= 0.6 is 24.0 Å². The van der Waals surface area contributed by atoms with Crippen molar-refractivity contribution in [3.8, 4) is 10.6 Å². The largest absolute Gasteiger partial charge is 0.255 e. The van der Waals surface area contributed by atoms with Gasteiger partial charge in [0.15, 0.2) is 0 Å². The highest BCUT2D eigenvalue weighted by molar-refractivity contribution is 7.91. The summed E-state index contributed by atoms with van der Waals surface area (Å²) in [6.45, 7) is 0.322. The highest BCUT2D eigenvalue weighted by Crippen LogP contribution is 2.28. The normalized spacial score (nSPS) is 11.6. The molecular formula is C11H12N2O2S3. The van der Waals surface area contributed by atoms with Crippen LogP contribution in [0.25, 0.3) is 10.6 Å². The van der Waals surface area contributed by atoms with Crippen LogP contribution in [-0.4, -0.2) is 25.7 Å². The SMILES string of the molecule is O=S(=O)(NCCS)c1ccc(-c2ccccn2)s1. The lowest BCUT2D eigenvalue weighted by atomic mass is 10.3. The molecule has 0 amide bonds. The van der Waals surface area contributed by atoms with Crippen LogP contribution in [0.3, 0.4) is 0 Å². The Morgan fingerprint density at radius 1 is 1.28 bits per heavy atom. The van der Waals surface area contributed by atoms with E-state index in [0.29, 0.717) is 16.5 Å². The van der Waals surface area contributed by atoms with Gasteiger partial charge in [-0.2, -0.15) is 12.6 Å². The molecule has 0 fully saturated rings. The van der Waals surface area contributed by atoms with Crippen LogP contribution in [0.5, 0.6) is 0 Å². The zero-order chi connectivity index (χ0) is 13.0. The molecule has 96 valence electrons. The van der Waals surface area contributed by atoms with Crippen molar-refractivity contribution >= 4 is 34.0 Å². The summed E-state index contributed by atoms with van der Waals surface area (Å²) in [5.41, 5.74) is 0.776. The molecule has 0 unspecified atom stereocenters. The van der Waals surface area contributed by atoms with Crippen LogP contribution < -0.4 is 4.72 Å². The van der Waals surface area contributed by atoms with E-state index in [1.807, 2.05) is 18.2 Å². The zero-order valence-electron chi connectivity index (χ0n) is 9.41. The third-order valence-corrected chi connectivity index (χ3v) is 5.45. The first kappa shape index (κ1) is 13.5. The predicted molar refractivity (Wildman–Crippen MR) is 76.6 cm³/mol. The molecule has 0 aliphatic rings. The highest BCUT2D eigenvalue weighted by atomic mass is 32.2. The van der Waals surface area contributed by atoms with Gasteiger partial charge in [0.2, 0.25) is 10.0 Å². The fourth-order valence-electron chi connectivity index (χ4n) is 1.36. The van der Waals surface area contributed by atoms with Crippen molar-refractivity contribution in [3.05, 3.63) is 36.5 Å². The quantitative estimate of drug-likeness (QED) is 0.831. The Labute approximate surface area is 116 Å². The van der Waals surface area contributed by atoms with Crippen molar-refractivity contribution in [2.75, 3.05) is 12.3 Å². The standard InChI is InChI=1S/C11H12N2O2S3/c14-18(15,13-7-8-16)11-5-4-10(17-11)9-3-1-2-6-12-9/h1-6,13,16H,7-8H2. The first-order chi connectivity index (χ1) is 8.63. The number of nitrogens with one attached hydrogen (secondary N) is 1. The fraction of sp³-hybridized carbons (Fsp3) is 0.182. The van der Waals surface area contributed by atoms with Gasteiger partial charge in [-0.15, -0.1) is 11.3 Å². The van der Waals surface area contributed by atoms with Crippen molar-refractivity contribution in [2.24, 2.45) is 0 Å². The number of rotatable bonds is 5. The van der Waals surface area contributed by atoms with Gasteiger partial charge in [-0.3, -0.25) is 4.98 Å². The van der Waals surface area contributed by atoms with Gasteiger partial charge >= 0.3 is 0 Å². The molecule has 2 aromatic heterocycles. The minimum atomic E-state index is -3.42. The number of pyridine rings is 1. The number of hydrogen-bond acceptors (Lipinski definition) is 5. The molecule has 7 heteroatoms. The number of thiophene rings is 1. The average Bonchev–Trinajstić information content (AvgIpc) is 2.88. The Morgan fingerprint density at radius 3 is 2.78 bits per heavy atom. The Bertz CT molecular complexity index is 608. The van der Waals surface area contributed by atoms with Crippen molar-refractivity contribution < 1.29 is 8.42 Å². The summed E-state index contributed by atoms with van der Waals surface area (Å²) in [7, 11) is -3.42. The van der Waals surface area contributed by atoms with Crippen LogP contribution in [0.2, 0.25) is 0 Å². The minimum Gasteiger partial charge on any atom is -0.255 e. The van der Waals surface area contributed by atoms with E-state index in [0.717, 1.165) is 10.6 Å². The highest BCUT2D eigenvalue weighted by Gasteiger charge is 2.16. The lowest BCUT2D eigenvalue weighted by Gasteiger charge is -2.01. The van der Waals surface area contributed by atoms with Crippen LogP contribution in [0.4, 0.5) is 0 Å². The summed E-state index contributed by atoms with van der Waals surface area (Å²) in [6, 6.07) is 8.90. The number of thiol groups is 1. The van der Waals surface area contributed by atoms with Gasteiger partial charge in [-0.05, 0) is 24.3 Å². The van der Waals surface area contributed by atoms with E-state index in [2.05, 4.69) is 22.3 Å². The maximum absolute atomic E-state index is 11.9. The zero-order valence-corrected chi connectivity index (χ0v) is 11.9. The molecule has 0 saturated carbocycles. The van der Waals surface area contributed by atoms with Gasteiger partial charge < -0.3 is 0 Å². The minimum absolute atomic E-state index is 0.296. The Hall–Kier alpha value is -0.890. The van der Waals surface area contributed by atoms with Gasteiger partial charge in [0.05, 0.1) is 10.6 Å². The van der Waals surface area contributed by atoms with Crippen molar-refractivity contribution in [1.29, 1.82) is 0 Å². The maximum atomic E-state index is 11.9. The van der Waals surface area contributed by atoms with Gasteiger partial charge in [0, 0.05) is 18.5 Å². The third kappa shape index (κ3) is 3.11. The molecule has 1 N–H and O–H groups in total. The number of sulfonamides is 1. The van der Waals surface area contributed by atoms with Gasteiger partial charge in [-0.25, -0.2) is 13.1 Å². The van der Waals surface area contributed by atoms with Crippen molar-refractivity contribution in [2.45, 2.75) is 4.21 Å². The number of aromatic nitrogens is 1. The summed E-state index contributed by atoms with van der Waals surface area (Å²) in [5.74, 6) is 0.470. The number of nitrogens with zero attached hydrogens (tertiary/aromatic N) is 1. The monoisotopic (exact) mass is 300 g/mol. The molecular weight excluding hydrogens is 288 g/mol. The van der Waals surface area contributed by atoms with Gasteiger partial charge in [0.25, 0.3) is 0 Å². The lowest BCUT2D eigenvalue weighted by molar-refractivity contribution is 0.586. The second kappa shape index (κ2) is 5.83. The van der Waals surface area contributed by atoms with Crippen LogP contribution in [0.1, 0.15) is 0 Å². The molecule has 0 radical (unpaired) electrons. The molecule has 18 heavy (non-hydrogen) atoms. The van der Waals surface area contributed by atoms with Crippen molar-refractivity contribution in [1.82, 2.24) is 9.71 Å². The number of hydrogen-bond donors (Lipinski definition) is 2. The third-order valence-electron chi connectivity index (χ3n) is 2.17. The molecule has 0 spiro atoms. The smallest absolute Gasteiger partial charge is 0.250 e. The Morgan fingerprint density at radius 2 is 2.11 bits per heavy atom. The first-order valence-corrected chi connectivity index (χ1v) is 8.18. The van der Waals surface area contributed by atoms with E-state index in [1.165, 1.54) is 11.3 Å². The van der Waals surface area contributed by atoms with E-state index in [-0.39, 0.29) is 0 Å². The molecule has 2 heterocycles. The summed E-state index contributed by atoms with van der Waals surface area (Å²) in [5, 5.41) is 0. The van der Waals surface area contributed by atoms with E-state index in [4.69, 9.17) is 0 Å². The summed E-state index contributed by atoms with van der Waals surface area (Å²) in [4.78, 5) is 5.02. The van der Waals surface area contributed by atoms with Crippen molar-refractivity contribution in [3.63, 3.8) is 0 Å². The van der Waals surface area contributed by atoms with E-state index in [9.17, 15) is 8.42 Å². The van der Waals surface area contributed by atoms with Crippen LogP contribution in [0, 0.1) is 0 Å². The molecule has 0 saturated heterocycles. The Balaban J connectivity index is 2.26. The average molecular weight is 300 g/mol. The maximum Gasteiger partial charge on any atom is 0.250 e. The van der Waals surface area contributed by atoms with Crippen LogP contribution in [0.15, 0.2) is 40.7 Å². The van der Waals surface area contributed by atoms with Gasteiger partial charge in [-0.1, -0.05) is 6.07 Å².